The fourth-order valence-corrected chi connectivity index (χ4v) is 2.74. The summed E-state index contributed by atoms with van der Waals surface area (Å²) in [7, 11) is 0. The maximum atomic E-state index is 5.97. The molecular weight excluding hydrogens is 256 g/mol. The van der Waals surface area contributed by atoms with Crippen LogP contribution in [0.25, 0.3) is 11.1 Å². The van der Waals surface area contributed by atoms with Gasteiger partial charge >= 0.3 is 0 Å². The van der Waals surface area contributed by atoms with Crippen molar-refractivity contribution in [3.05, 3.63) is 84.0 Å². The van der Waals surface area contributed by atoms with E-state index in [9.17, 15) is 0 Å². The van der Waals surface area contributed by atoms with Crippen molar-refractivity contribution in [1.29, 1.82) is 0 Å². The number of benzene rings is 2. The third-order valence-electron chi connectivity index (χ3n) is 3.82. The molecule has 0 amide bonds. The van der Waals surface area contributed by atoms with Crippen molar-refractivity contribution in [1.82, 2.24) is 0 Å². The lowest BCUT2D eigenvalue weighted by molar-refractivity contribution is 0.0746. The lowest BCUT2D eigenvalue weighted by Gasteiger charge is -2.16. The predicted molar refractivity (Wildman–Crippen MR) is 88.1 cm³/mol. The molecule has 2 aromatic rings. The van der Waals surface area contributed by atoms with E-state index in [1.54, 1.807) is 0 Å². The Morgan fingerprint density at radius 3 is 2.33 bits per heavy atom. The molecule has 3 rings (SSSR count). The van der Waals surface area contributed by atoms with E-state index in [4.69, 9.17) is 4.74 Å². The summed E-state index contributed by atoms with van der Waals surface area (Å²) < 4.78 is 5.97. The van der Waals surface area contributed by atoms with Gasteiger partial charge in [-0.1, -0.05) is 72.8 Å². The Bertz CT molecular complexity index is 650. The van der Waals surface area contributed by atoms with Crippen molar-refractivity contribution >= 4 is 0 Å². The van der Waals surface area contributed by atoms with E-state index in [0.29, 0.717) is 6.61 Å². The molecule has 1 aliphatic heterocycles. The molecule has 1 nitrogen and oxygen atoms in total. The highest BCUT2D eigenvalue weighted by Crippen LogP contribution is 2.30. The summed E-state index contributed by atoms with van der Waals surface area (Å²) in [4.78, 5) is 0. The van der Waals surface area contributed by atoms with Crippen LogP contribution in [0, 0.1) is 0 Å². The molecule has 21 heavy (non-hydrogen) atoms. The average Bonchev–Trinajstić information content (AvgIpc) is 2.69. The first-order chi connectivity index (χ1) is 10.2. The zero-order chi connectivity index (χ0) is 14.7. The summed E-state index contributed by atoms with van der Waals surface area (Å²) in [6.45, 7) is 6.76. The van der Waals surface area contributed by atoms with E-state index in [0.717, 1.165) is 12.0 Å². The second-order valence-corrected chi connectivity index (χ2v) is 5.64. The maximum Gasteiger partial charge on any atom is 0.0866 e. The van der Waals surface area contributed by atoms with E-state index >= 15 is 0 Å². The lowest BCUT2D eigenvalue weighted by Crippen LogP contribution is -2.04. The van der Waals surface area contributed by atoms with Crippen LogP contribution in [-0.4, -0.2) is 6.61 Å². The molecule has 0 N–H and O–H groups in total. The molecule has 106 valence electrons. The summed E-state index contributed by atoms with van der Waals surface area (Å²) in [5, 5.41) is 0. The lowest BCUT2D eigenvalue weighted by atomic mass is 9.98. The van der Waals surface area contributed by atoms with Crippen LogP contribution in [0.15, 0.2) is 78.4 Å². The second-order valence-electron chi connectivity index (χ2n) is 5.64. The van der Waals surface area contributed by atoms with E-state index < -0.39 is 0 Å². The fourth-order valence-electron chi connectivity index (χ4n) is 2.74. The van der Waals surface area contributed by atoms with E-state index in [1.165, 1.54) is 22.3 Å². The molecule has 1 aliphatic rings. The standard InChI is InChI=1S/C20H20O/c1-15-12-16(2)14-21-20(13-15)19-10-8-18(9-11-19)17-6-4-3-5-7-17/h3-12,20H,2,13-14H2,1H3. The normalized spacial score (nSPS) is 19.0. The number of rotatable bonds is 2. The minimum absolute atomic E-state index is 0.130. The Labute approximate surface area is 126 Å². The largest absolute Gasteiger partial charge is 0.369 e. The number of ether oxygens (including phenoxy) is 1. The van der Waals surface area contributed by atoms with Crippen molar-refractivity contribution in [3.63, 3.8) is 0 Å². The minimum Gasteiger partial charge on any atom is -0.369 e. The van der Waals surface area contributed by atoms with Crippen molar-refractivity contribution in [3.8, 4) is 11.1 Å². The van der Waals surface area contributed by atoms with Crippen molar-refractivity contribution in [2.24, 2.45) is 0 Å². The molecule has 0 saturated carbocycles. The first kappa shape index (κ1) is 13.8. The SMILES string of the molecule is C=C1C=C(C)CC(c2ccc(-c3ccccc3)cc2)OC1. The molecular formula is C20H20O. The van der Waals surface area contributed by atoms with Crippen LogP contribution < -0.4 is 0 Å². The van der Waals surface area contributed by atoms with Gasteiger partial charge in [-0.2, -0.15) is 0 Å². The zero-order valence-corrected chi connectivity index (χ0v) is 12.4. The van der Waals surface area contributed by atoms with Gasteiger partial charge in [-0.3, -0.25) is 0 Å². The van der Waals surface area contributed by atoms with Crippen molar-refractivity contribution in [2.45, 2.75) is 19.4 Å². The van der Waals surface area contributed by atoms with Gasteiger partial charge in [0.25, 0.3) is 0 Å². The van der Waals surface area contributed by atoms with E-state index in [2.05, 4.69) is 68.1 Å². The van der Waals surface area contributed by atoms with Gasteiger partial charge < -0.3 is 4.74 Å². The molecule has 1 heteroatoms. The molecule has 0 bridgehead atoms. The van der Waals surface area contributed by atoms with Crippen LogP contribution in [0.3, 0.4) is 0 Å². The maximum absolute atomic E-state index is 5.97. The quantitative estimate of drug-likeness (QED) is 0.721. The fraction of sp³-hybridized carbons (Fsp3) is 0.200. The minimum atomic E-state index is 0.130. The molecule has 0 fully saturated rings. The Morgan fingerprint density at radius 2 is 1.62 bits per heavy atom. The van der Waals surface area contributed by atoms with E-state index in [1.807, 2.05) is 6.07 Å². The summed E-state index contributed by atoms with van der Waals surface area (Å²) in [5.41, 5.74) is 6.10. The van der Waals surface area contributed by atoms with Crippen LogP contribution in [0.1, 0.15) is 25.0 Å². The second kappa shape index (κ2) is 6.11. The molecule has 1 unspecified atom stereocenters. The van der Waals surface area contributed by atoms with Crippen molar-refractivity contribution in [2.75, 3.05) is 6.61 Å². The van der Waals surface area contributed by atoms with Gasteiger partial charge in [-0.25, -0.2) is 0 Å². The predicted octanol–water partition coefficient (Wildman–Crippen LogP) is 5.32. The van der Waals surface area contributed by atoms with Gasteiger partial charge in [-0.05, 0) is 35.6 Å². The Morgan fingerprint density at radius 1 is 0.952 bits per heavy atom. The van der Waals surface area contributed by atoms with Crippen LogP contribution >= 0.6 is 0 Å². The van der Waals surface area contributed by atoms with Crippen LogP contribution in [0.5, 0.6) is 0 Å². The van der Waals surface area contributed by atoms with Crippen LogP contribution in [0.2, 0.25) is 0 Å². The average molecular weight is 276 g/mol. The highest BCUT2D eigenvalue weighted by Gasteiger charge is 2.16. The molecule has 0 aliphatic carbocycles. The Kier molecular flexibility index (Phi) is 4.03. The highest BCUT2D eigenvalue weighted by atomic mass is 16.5. The monoisotopic (exact) mass is 276 g/mol. The third-order valence-corrected chi connectivity index (χ3v) is 3.82. The van der Waals surface area contributed by atoms with Gasteiger partial charge in [0.1, 0.15) is 0 Å². The summed E-state index contributed by atoms with van der Waals surface area (Å²) in [5.74, 6) is 0. The van der Waals surface area contributed by atoms with Gasteiger partial charge in [0.15, 0.2) is 0 Å². The van der Waals surface area contributed by atoms with E-state index in [-0.39, 0.29) is 6.10 Å². The summed E-state index contributed by atoms with van der Waals surface area (Å²) in [6.07, 6.45) is 3.20. The smallest absolute Gasteiger partial charge is 0.0866 e. The molecule has 0 saturated heterocycles. The molecule has 0 aromatic heterocycles. The number of hydrogen-bond donors (Lipinski definition) is 0. The van der Waals surface area contributed by atoms with Gasteiger partial charge in [0, 0.05) is 0 Å². The first-order valence-electron chi connectivity index (χ1n) is 7.34. The summed E-state index contributed by atoms with van der Waals surface area (Å²) in [6, 6.07) is 19.1. The van der Waals surface area contributed by atoms with Crippen LogP contribution in [0.4, 0.5) is 0 Å². The van der Waals surface area contributed by atoms with Gasteiger partial charge in [-0.15, -0.1) is 0 Å². The topological polar surface area (TPSA) is 9.23 Å². The van der Waals surface area contributed by atoms with Crippen molar-refractivity contribution < 1.29 is 4.74 Å². The Balaban J connectivity index is 1.81. The summed E-state index contributed by atoms with van der Waals surface area (Å²) >= 11 is 0. The van der Waals surface area contributed by atoms with Crippen LogP contribution in [-0.2, 0) is 4.74 Å². The Hall–Kier alpha value is -2.12. The molecule has 1 atom stereocenters. The highest BCUT2D eigenvalue weighted by molar-refractivity contribution is 5.63. The van der Waals surface area contributed by atoms with Gasteiger partial charge in [0.2, 0.25) is 0 Å². The molecule has 1 heterocycles. The molecule has 0 radical (unpaired) electrons. The molecule has 0 spiro atoms. The third kappa shape index (κ3) is 3.32. The van der Waals surface area contributed by atoms with Gasteiger partial charge in [0.05, 0.1) is 12.7 Å². The zero-order valence-electron chi connectivity index (χ0n) is 12.4. The number of hydrogen-bond acceptors (Lipinski definition) is 1. The molecule has 2 aromatic carbocycles. The first-order valence-corrected chi connectivity index (χ1v) is 7.34.